The summed E-state index contributed by atoms with van der Waals surface area (Å²) in [5.74, 6) is -3.67. The maximum absolute atomic E-state index is 13.4. The minimum Gasteiger partial charge on any atom is -0.399 e. The third-order valence-corrected chi connectivity index (χ3v) is 2.37. The molecule has 19 heavy (non-hydrogen) atoms. The van der Waals surface area contributed by atoms with Gasteiger partial charge in [-0.15, -0.1) is 0 Å². The van der Waals surface area contributed by atoms with Gasteiger partial charge < -0.3 is 11.1 Å². The molecule has 98 valence electrons. The van der Waals surface area contributed by atoms with Crippen molar-refractivity contribution in [2.24, 2.45) is 0 Å². The summed E-state index contributed by atoms with van der Waals surface area (Å²) >= 11 is 0. The van der Waals surface area contributed by atoms with Crippen LogP contribution in [0.15, 0.2) is 36.4 Å². The molecule has 0 fully saturated rings. The van der Waals surface area contributed by atoms with Crippen LogP contribution in [-0.4, -0.2) is 5.91 Å². The summed E-state index contributed by atoms with van der Waals surface area (Å²) in [5.41, 5.74) is 4.77. The van der Waals surface area contributed by atoms with E-state index < -0.39 is 28.9 Å². The summed E-state index contributed by atoms with van der Waals surface area (Å²) in [6.07, 6.45) is 0. The standard InChI is InChI=1S/C13H9F3N2O/c14-7-4-8(17)6-9(5-7)18-13(19)12-10(15)2-1-3-11(12)16/h1-6H,17H2,(H,18,19). The molecule has 3 nitrogen and oxygen atoms in total. The van der Waals surface area contributed by atoms with Gasteiger partial charge in [-0.3, -0.25) is 4.79 Å². The van der Waals surface area contributed by atoms with Gasteiger partial charge in [0.05, 0.1) is 0 Å². The molecule has 0 unspecified atom stereocenters. The number of carbonyl (C=O) groups is 1. The van der Waals surface area contributed by atoms with Crippen molar-refractivity contribution in [2.75, 3.05) is 11.1 Å². The van der Waals surface area contributed by atoms with Gasteiger partial charge in [0.2, 0.25) is 0 Å². The van der Waals surface area contributed by atoms with Crippen LogP contribution < -0.4 is 11.1 Å². The number of rotatable bonds is 2. The second-order valence-electron chi connectivity index (χ2n) is 3.82. The molecule has 0 aromatic heterocycles. The van der Waals surface area contributed by atoms with E-state index in [1.807, 2.05) is 0 Å². The fourth-order valence-corrected chi connectivity index (χ4v) is 1.59. The molecule has 6 heteroatoms. The van der Waals surface area contributed by atoms with Gasteiger partial charge in [-0.25, -0.2) is 13.2 Å². The van der Waals surface area contributed by atoms with E-state index in [2.05, 4.69) is 5.32 Å². The van der Waals surface area contributed by atoms with Gasteiger partial charge >= 0.3 is 0 Å². The summed E-state index contributed by atoms with van der Waals surface area (Å²) in [4.78, 5) is 11.7. The average Bonchev–Trinajstić information content (AvgIpc) is 2.26. The first-order valence-corrected chi connectivity index (χ1v) is 5.29. The number of nitrogen functional groups attached to an aromatic ring is 1. The smallest absolute Gasteiger partial charge is 0.261 e. The number of anilines is 2. The maximum atomic E-state index is 13.4. The number of nitrogens with two attached hydrogens (primary N) is 1. The van der Waals surface area contributed by atoms with Gasteiger partial charge in [0.25, 0.3) is 5.91 Å². The molecular weight excluding hydrogens is 257 g/mol. The second kappa shape index (κ2) is 5.01. The molecule has 0 aliphatic carbocycles. The molecule has 1 amide bonds. The van der Waals surface area contributed by atoms with Gasteiger partial charge in [-0.1, -0.05) is 6.07 Å². The van der Waals surface area contributed by atoms with E-state index in [-0.39, 0.29) is 11.4 Å². The third-order valence-electron chi connectivity index (χ3n) is 2.37. The minimum absolute atomic E-state index is 0.0187. The van der Waals surface area contributed by atoms with E-state index in [1.165, 1.54) is 6.07 Å². The van der Waals surface area contributed by atoms with E-state index >= 15 is 0 Å². The lowest BCUT2D eigenvalue weighted by Gasteiger charge is -2.08. The summed E-state index contributed by atoms with van der Waals surface area (Å²) < 4.78 is 39.8. The molecule has 0 radical (unpaired) electrons. The van der Waals surface area contributed by atoms with Crippen molar-refractivity contribution < 1.29 is 18.0 Å². The zero-order chi connectivity index (χ0) is 14.0. The highest BCUT2D eigenvalue weighted by atomic mass is 19.1. The van der Waals surface area contributed by atoms with Gasteiger partial charge in [-0.2, -0.15) is 0 Å². The number of nitrogens with one attached hydrogen (secondary N) is 1. The van der Waals surface area contributed by atoms with E-state index in [0.717, 1.165) is 30.3 Å². The molecule has 0 heterocycles. The Morgan fingerprint density at radius 1 is 1.05 bits per heavy atom. The molecule has 0 atom stereocenters. The van der Waals surface area contributed by atoms with Crippen molar-refractivity contribution in [3.05, 3.63) is 59.4 Å². The molecule has 0 saturated heterocycles. The number of hydrogen-bond donors (Lipinski definition) is 2. The normalized spacial score (nSPS) is 10.3. The van der Waals surface area contributed by atoms with E-state index in [1.54, 1.807) is 0 Å². The highest BCUT2D eigenvalue weighted by molar-refractivity contribution is 6.04. The van der Waals surface area contributed by atoms with Gasteiger partial charge in [0.1, 0.15) is 23.0 Å². The van der Waals surface area contributed by atoms with Crippen molar-refractivity contribution in [3.63, 3.8) is 0 Å². The average molecular weight is 266 g/mol. The number of halogens is 3. The fourth-order valence-electron chi connectivity index (χ4n) is 1.59. The first-order chi connectivity index (χ1) is 8.97. The summed E-state index contributed by atoms with van der Waals surface area (Å²) in [5, 5.41) is 2.18. The Balaban J connectivity index is 2.31. The van der Waals surface area contributed by atoms with Gasteiger partial charge in [0.15, 0.2) is 0 Å². The lowest BCUT2D eigenvalue weighted by molar-refractivity contribution is 0.101. The lowest BCUT2D eigenvalue weighted by atomic mass is 10.1. The second-order valence-corrected chi connectivity index (χ2v) is 3.82. The molecule has 0 aliphatic rings. The van der Waals surface area contributed by atoms with Gasteiger partial charge in [-0.05, 0) is 30.3 Å². The van der Waals surface area contributed by atoms with Crippen molar-refractivity contribution in [1.82, 2.24) is 0 Å². The Kier molecular flexibility index (Phi) is 3.41. The van der Waals surface area contributed by atoms with Crippen LogP contribution >= 0.6 is 0 Å². The molecule has 0 bridgehead atoms. The number of hydrogen-bond acceptors (Lipinski definition) is 2. The SMILES string of the molecule is Nc1cc(F)cc(NC(=O)c2c(F)cccc2F)c1. The van der Waals surface area contributed by atoms with Crippen molar-refractivity contribution in [1.29, 1.82) is 0 Å². The molecule has 0 spiro atoms. The van der Waals surface area contributed by atoms with Crippen molar-refractivity contribution >= 4 is 17.3 Å². The highest BCUT2D eigenvalue weighted by Gasteiger charge is 2.17. The molecule has 0 saturated carbocycles. The summed E-state index contributed by atoms with van der Waals surface area (Å²) in [6.45, 7) is 0. The number of carbonyl (C=O) groups excluding carboxylic acids is 1. The Hall–Kier alpha value is -2.50. The maximum Gasteiger partial charge on any atom is 0.261 e. The number of benzene rings is 2. The Bertz CT molecular complexity index is 603. The van der Waals surface area contributed by atoms with Crippen LogP contribution in [0.2, 0.25) is 0 Å². The predicted octanol–water partition coefficient (Wildman–Crippen LogP) is 2.94. The van der Waals surface area contributed by atoms with Gasteiger partial charge in [0, 0.05) is 11.4 Å². The lowest BCUT2D eigenvalue weighted by Crippen LogP contribution is -2.16. The van der Waals surface area contributed by atoms with Crippen LogP contribution in [0, 0.1) is 17.5 Å². The summed E-state index contributed by atoms with van der Waals surface area (Å²) in [6, 6.07) is 6.38. The molecule has 0 aliphatic heterocycles. The van der Waals surface area contributed by atoms with E-state index in [4.69, 9.17) is 5.73 Å². The first-order valence-electron chi connectivity index (χ1n) is 5.29. The zero-order valence-electron chi connectivity index (χ0n) is 9.58. The highest BCUT2D eigenvalue weighted by Crippen LogP contribution is 2.18. The number of amides is 1. The Labute approximate surface area is 106 Å². The monoisotopic (exact) mass is 266 g/mol. The minimum atomic E-state index is -1.01. The Morgan fingerprint density at radius 3 is 2.26 bits per heavy atom. The summed E-state index contributed by atoms with van der Waals surface area (Å²) in [7, 11) is 0. The van der Waals surface area contributed by atoms with E-state index in [0.29, 0.717) is 0 Å². The molecule has 2 rings (SSSR count). The van der Waals surface area contributed by atoms with Crippen LogP contribution in [0.5, 0.6) is 0 Å². The van der Waals surface area contributed by atoms with Crippen molar-refractivity contribution in [2.45, 2.75) is 0 Å². The fraction of sp³-hybridized carbons (Fsp3) is 0. The van der Waals surface area contributed by atoms with Crippen LogP contribution in [0.4, 0.5) is 24.5 Å². The topological polar surface area (TPSA) is 55.1 Å². The predicted molar refractivity (Wildman–Crippen MR) is 65.1 cm³/mol. The van der Waals surface area contributed by atoms with Crippen LogP contribution in [0.25, 0.3) is 0 Å². The van der Waals surface area contributed by atoms with Crippen LogP contribution in [0.3, 0.4) is 0 Å². The molecule has 2 aromatic carbocycles. The van der Waals surface area contributed by atoms with E-state index in [9.17, 15) is 18.0 Å². The Morgan fingerprint density at radius 2 is 1.68 bits per heavy atom. The zero-order valence-corrected chi connectivity index (χ0v) is 9.58. The van der Waals surface area contributed by atoms with Crippen molar-refractivity contribution in [3.8, 4) is 0 Å². The first kappa shape index (κ1) is 12.9. The molecule has 3 N–H and O–H groups in total. The molecule has 2 aromatic rings. The van der Waals surface area contributed by atoms with Crippen LogP contribution in [-0.2, 0) is 0 Å². The largest absolute Gasteiger partial charge is 0.399 e. The third kappa shape index (κ3) is 2.85. The molecular formula is C13H9F3N2O. The van der Waals surface area contributed by atoms with Crippen LogP contribution in [0.1, 0.15) is 10.4 Å². The quantitative estimate of drug-likeness (QED) is 0.821.